The van der Waals surface area contributed by atoms with Crippen molar-refractivity contribution in [3.8, 4) is 5.75 Å². The topological polar surface area (TPSA) is 98.3 Å². The minimum Gasteiger partial charge on any atom is -0.410 e. The molecule has 2 unspecified atom stereocenters. The SMILES string of the molecule is CCOP(=O)(OCC)C(Cc1ccc(OC(=O)N(c2ccnc3cc(Cl)ccc23)C(C)CCCN(CC)CC)cc1)P(C)(C)=O. The Balaban J connectivity index is 1.87. The predicted molar refractivity (Wildman–Crippen MR) is 186 cm³/mol. The Morgan fingerprint density at radius 2 is 1.60 bits per heavy atom. The first kappa shape index (κ1) is 37.2. The molecule has 9 nitrogen and oxygen atoms in total. The molecule has 0 aliphatic rings. The molecule has 0 bridgehead atoms. The van der Waals surface area contributed by atoms with E-state index in [-0.39, 0.29) is 25.7 Å². The molecule has 248 valence electrons. The molecule has 2 atom stereocenters. The van der Waals surface area contributed by atoms with Gasteiger partial charge in [0.15, 0.2) is 0 Å². The minimum atomic E-state index is -3.62. The van der Waals surface area contributed by atoms with Gasteiger partial charge in [0.2, 0.25) is 0 Å². The number of amides is 1. The minimum absolute atomic E-state index is 0.163. The summed E-state index contributed by atoms with van der Waals surface area (Å²) >= 11 is 6.24. The number of carbonyl (C=O) groups excluding carboxylic acids is 1. The van der Waals surface area contributed by atoms with Gasteiger partial charge in [0.1, 0.15) is 11.1 Å². The van der Waals surface area contributed by atoms with Gasteiger partial charge < -0.3 is 23.2 Å². The van der Waals surface area contributed by atoms with Gasteiger partial charge >= 0.3 is 13.7 Å². The maximum absolute atomic E-state index is 13.9. The summed E-state index contributed by atoms with van der Waals surface area (Å²) in [5, 5.41) is 0.573. The van der Waals surface area contributed by atoms with Gasteiger partial charge in [-0.3, -0.25) is 14.4 Å². The highest BCUT2D eigenvalue weighted by molar-refractivity contribution is 7.77. The molecule has 3 rings (SSSR count). The Kier molecular flexibility index (Phi) is 14.1. The summed E-state index contributed by atoms with van der Waals surface area (Å²) in [7, 11) is -6.50. The lowest BCUT2D eigenvalue weighted by Gasteiger charge is -2.30. The van der Waals surface area contributed by atoms with Crippen LogP contribution in [0.15, 0.2) is 54.7 Å². The van der Waals surface area contributed by atoms with E-state index in [1.54, 1.807) is 74.7 Å². The second-order valence-corrected chi connectivity index (χ2v) is 17.9. The van der Waals surface area contributed by atoms with Crippen molar-refractivity contribution in [1.82, 2.24) is 9.88 Å². The first-order chi connectivity index (χ1) is 21.4. The lowest BCUT2D eigenvalue weighted by Crippen LogP contribution is -2.41. The van der Waals surface area contributed by atoms with Crippen LogP contribution in [0.1, 0.15) is 53.0 Å². The van der Waals surface area contributed by atoms with E-state index in [2.05, 4.69) is 23.7 Å². The van der Waals surface area contributed by atoms with Crippen LogP contribution in [0.4, 0.5) is 10.5 Å². The Hall–Kier alpha value is -2.25. The molecule has 0 saturated heterocycles. The van der Waals surface area contributed by atoms with Crippen LogP contribution >= 0.6 is 26.3 Å². The van der Waals surface area contributed by atoms with Crippen molar-refractivity contribution >= 4 is 49.0 Å². The lowest BCUT2D eigenvalue weighted by atomic mass is 10.1. The molecular formula is C33H48ClN3O6P2. The second-order valence-electron chi connectivity index (χ2n) is 11.4. The van der Waals surface area contributed by atoms with Crippen LogP contribution in [0.2, 0.25) is 5.02 Å². The third-order valence-electron chi connectivity index (χ3n) is 7.82. The van der Waals surface area contributed by atoms with E-state index in [0.717, 1.165) is 43.4 Å². The summed E-state index contributed by atoms with van der Waals surface area (Å²) < 4.78 is 43.9. The number of carbonyl (C=O) groups is 1. The van der Waals surface area contributed by atoms with Gasteiger partial charge in [0.05, 0.1) is 31.6 Å². The second kappa shape index (κ2) is 17.1. The molecule has 0 fully saturated rings. The van der Waals surface area contributed by atoms with E-state index in [4.69, 9.17) is 25.4 Å². The van der Waals surface area contributed by atoms with Crippen LogP contribution in [-0.4, -0.2) is 73.6 Å². The fraction of sp³-hybridized carbons (Fsp3) is 0.515. The van der Waals surface area contributed by atoms with Gasteiger partial charge in [-0.2, -0.15) is 0 Å². The maximum Gasteiger partial charge on any atom is 0.420 e. The zero-order valence-corrected chi connectivity index (χ0v) is 30.1. The normalized spacial score (nSPS) is 13.6. The Bertz CT molecular complexity index is 1490. The average molecular weight is 680 g/mol. The third-order valence-corrected chi connectivity index (χ3v) is 14.3. The van der Waals surface area contributed by atoms with Crippen molar-refractivity contribution in [1.29, 1.82) is 0 Å². The number of rotatable bonds is 17. The Labute approximate surface area is 273 Å². The standard InChI is InChI=1S/C33H48ClN3O6P2/c1-8-36(9-2)22-12-13-25(5)37(31-20-21-35-30-24-27(34)16-19-29(30)31)33(38)43-28-17-14-26(15-18-28)23-32(44(6,7)39)45(40,41-10-3)42-11-4/h14-21,24-25,32H,8-13,22-23H2,1-7H3. The van der Waals surface area contributed by atoms with E-state index >= 15 is 0 Å². The number of nitrogens with zero attached hydrogens (tertiary/aromatic N) is 3. The third kappa shape index (κ3) is 10.1. The highest BCUT2D eigenvalue weighted by Gasteiger charge is 2.43. The van der Waals surface area contributed by atoms with Gasteiger partial charge in [0, 0.05) is 22.6 Å². The van der Waals surface area contributed by atoms with Gasteiger partial charge in [-0.1, -0.05) is 37.6 Å². The smallest absolute Gasteiger partial charge is 0.410 e. The number of hydrogen-bond donors (Lipinski definition) is 0. The van der Waals surface area contributed by atoms with Crippen molar-refractivity contribution in [2.75, 3.05) is 51.1 Å². The van der Waals surface area contributed by atoms with Gasteiger partial charge in [-0.15, -0.1) is 0 Å². The van der Waals surface area contributed by atoms with E-state index in [9.17, 15) is 13.9 Å². The largest absolute Gasteiger partial charge is 0.420 e. The molecule has 0 aliphatic carbocycles. The predicted octanol–water partition coefficient (Wildman–Crippen LogP) is 9.16. The number of benzene rings is 2. The number of ether oxygens (including phenoxy) is 1. The zero-order valence-electron chi connectivity index (χ0n) is 27.6. The molecule has 45 heavy (non-hydrogen) atoms. The summed E-state index contributed by atoms with van der Waals surface area (Å²) in [6, 6.07) is 14.1. The van der Waals surface area contributed by atoms with Crippen LogP contribution in [0.25, 0.3) is 10.9 Å². The van der Waals surface area contributed by atoms with Crippen molar-refractivity contribution in [2.45, 2.75) is 65.3 Å². The molecule has 0 spiro atoms. The molecule has 0 radical (unpaired) electrons. The molecule has 1 aromatic heterocycles. The molecule has 0 N–H and O–H groups in total. The number of hydrogen-bond acceptors (Lipinski definition) is 8. The lowest BCUT2D eigenvalue weighted by molar-refractivity contribution is 0.204. The van der Waals surface area contributed by atoms with E-state index in [0.29, 0.717) is 22.0 Å². The van der Waals surface area contributed by atoms with E-state index < -0.39 is 26.2 Å². The maximum atomic E-state index is 13.9. The molecular weight excluding hydrogens is 632 g/mol. The van der Waals surface area contributed by atoms with Gasteiger partial charge in [-0.05, 0) is 115 Å². The van der Waals surface area contributed by atoms with Crippen molar-refractivity contribution in [3.05, 3.63) is 65.3 Å². The van der Waals surface area contributed by atoms with Crippen LogP contribution in [-0.2, 0) is 24.6 Å². The first-order valence-corrected chi connectivity index (χ1v) is 20.3. The molecule has 0 saturated carbocycles. The summed E-state index contributed by atoms with van der Waals surface area (Å²) in [4.78, 5) is 22.4. The quantitative estimate of drug-likeness (QED) is 0.130. The Morgan fingerprint density at radius 3 is 2.18 bits per heavy atom. The average Bonchev–Trinajstić information content (AvgIpc) is 2.98. The number of halogens is 1. The first-order valence-electron chi connectivity index (χ1n) is 15.7. The van der Waals surface area contributed by atoms with Crippen LogP contribution in [0, 0.1) is 0 Å². The number of aromatic nitrogens is 1. The van der Waals surface area contributed by atoms with E-state index in [1.807, 2.05) is 19.1 Å². The number of fused-ring (bicyclic) bond motifs is 1. The van der Waals surface area contributed by atoms with Crippen molar-refractivity contribution in [2.24, 2.45) is 0 Å². The van der Waals surface area contributed by atoms with Crippen molar-refractivity contribution in [3.63, 3.8) is 0 Å². The number of anilines is 1. The highest BCUT2D eigenvalue weighted by atomic mass is 35.5. The molecule has 1 heterocycles. The van der Waals surface area contributed by atoms with Crippen LogP contribution in [0.3, 0.4) is 0 Å². The zero-order chi connectivity index (χ0) is 33.2. The summed E-state index contributed by atoms with van der Waals surface area (Å²) in [6.45, 7) is 16.3. The van der Waals surface area contributed by atoms with E-state index in [1.165, 1.54) is 0 Å². The molecule has 12 heteroatoms. The van der Waals surface area contributed by atoms with Crippen LogP contribution in [0.5, 0.6) is 5.75 Å². The monoisotopic (exact) mass is 679 g/mol. The van der Waals surface area contributed by atoms with Gasteiger partial charge in [0.25, 0.3) is 0 Å². The number of pyridine rings is 1. The Morgan fingerprint density at radius 1 is 0.956 bits per heavy atom. The molecule has 3 aromatic rings. The molecule has 1 amide bonds. The summed E-state index contributed by atoms with van der Waals surface area (Å²) in [5.41, 5.74) is 2.16. The van der Waals surface area contributed by atoms with Crippen LogP contribution < -0.4 is 9.64 Å². The summed E-state index contributed by atoms with van der Waals surface area (Å²) in [5.74, 6) is 0.357. The van der Waals surface area contributed by atoms with Gasteiger partial charge in [-0.25, -0.2) is 4.79 Å². The molecule has 0 aliphatic heterocycles. The molecule has 2 aromatic carbocycles. The fourth-order valence-electron chi connectivity index (χ4n) is 5.41. The van der Waals surface area contributed by atoms with Crippen molar-refractivity contribution < 1.29 is 27.7 Å². The highest BCUT2D eigenvalue weighted by Crippen LogP contribution is 2.67. The summed E-state index contributed by atoms with van der Waals surface area (Å²) in [6.07, 6.45) is 3.09. The fourth-order valence-corrected chi connectivity index (χ4v) is 10.9.